The van der Waals surface area contributed by atoms with Crippen LogP contribution in [0.2, 0.25) is 10.0 Å². The fourth-order valence-corrected chi connectivity index (χ4v) is 3.06. The molecule has 1 amide bonds. The molecule has 0 bridgehead atoms. The molecule has 2 aromatic carbocycles. The molecule has 2 atom stereocenters. The Hall–Kier alpha value is -2.24. The predicted octanol–water partition coefficient (Wildman–Crippen LogP) is 4.85. The molecule has 0 spiro atoms. The Balaban J connectivity index is 2.08. The van der Waals surface area contributed by atoms with Crippen LogP contribution in [0.3, 0.4) is 0 Å². The molecular formula is C20H21Cl2NO4. The Morgan fingerprint density at radius 3 is 2.33 bits per heavy atom. The SMILES string of the molecule is COc1cc(C(C)=O)ccc1O[C@H](C)C(=O)N[C@H](C)c1ccc(Cl)cc1Cl. The fourth-order valence-electron chi connectivity index (χ4n) is 2.49. The van der Waals surface area contributed by atoms with Gasteiger partial charge < -0.3 is 14.8 Å². The van der Waals surface area contributed by atoms with Crippen LogP contribution in [0.15, 0.2) is 36.4 Å². The zero-order chi connectivity index (χ0) is 20.1. The van der Waals surface area contributed by atoms with Crippen molar-refractivity contribution >= 4 is 34.9 Å². The van der Waals surface area contributed by atoms with Crippen LogP contribution in [0.25, 0.3) is 0 Å². The van der Waals surface area contributed by atoms with Crippen LogP contribution in [-0.4, -0.2) is 24.9 Å². The standard InChI is InChI=1S/C20H21Cl2NO4/c1-11(16-7-6-15(21)10-17(16)22)23-20(25)13(3)27-18-8-5-14(12(2)24)9-19(18)26-4/h5-11,13H,1-4H3,(H,23,25)/t11-,13-/m1/s1. The number of ketones is 1. The van der Waals surface area contributed by atoms with Gasteiger partial charge in [-0.05, 0) is 56.7 Å². The van der Waals surface area contributed by atoms with Crippen molar-refractivity contribution < 1.29 is 19.1 Å². The fraction of sp³-hybridized carbons (Fsp3) is 0.300. The van der Waals surface area contributed by atoms with Gasteiger partial charge in [0, 0.05) is 15.6 Å². The molecule has 2 rings (SSSR count). The number of rotatable bonds is 7. The second-order valence-corrected chi connectivity index (χ2v) is 6.92. The number of ether oxygens (including phenoxy) is 2. The zero-order valence-electron chi connectivity index (χ0n) is 15.5. The summed E-state index contributed by atoms with van der Waals surface area (Å²) in [6.45, 7) is 4.92. The minimum Gasteiger partial charge on any atom is -0.493 e. The van der Waals surface area contributed by atoms with Crippen molar-refractivity contribution in [1.29, 1.82) is 0 Å². The number of benzene rings is 2. The van der Waals surface area contributed by atoms with Crippen molar-refractivity contribution in [3.05, 3.63) is 57.6 Å². The van der Waals surface area contributed by atoms with Gasteiger partial charge in [0.2, 0.25) is 0 Å². The number of methoxy groups -OCH3 is 1. The van der Waals surface area contributed by atoms with Gasteiger partial charge in [-0.1, -0.05) is 29.3 Å². The van der Waals surface area contributed by atoms with Crippen molar-refractivity contribution in [3.63, 3.8) is 0 Å². The van der Waals surface area contributed by atoms with Crippen molar-refractivity contribution in [2.45, 2.75) is 32.9 Å². The van der Waals surface area contributed by atoms with Crippen LogP contribution in [0.4, 0.5) is 0 Å². The first kappa shape index (κ1) is 21.1. The average Bonchev–Trinajstić information content (AvgIpc) is 2.61. The molecule has 0 radical (unpaired) electrons. The summed E-state index contributed by atoms with van der Waals surface area (Å²) in [6.07, 6.45) is -0.782. The van der Waals surface area contributed by atoms with Crippen LogP contribution in [0.1, 0.15) is 42.7 Å². The van der Waals surface area contributed by atoms with Crippen LogP contribution >= 0.6 is 23.2 Å². The number of hydrogen-bond acceptors (Lipinski definition) is 4. The molecule has 0 aliphatic carbocycles. The number of carbonyl (C=O) groups is 2. The minimum atomic E-state index is -0.782. The number of hydrogen-bond donors (Lipinski definition) is 1. The number of carbonyl (C=O) groups excluding carboxylic acids is 2. The van der Waals surface area contributed by atoms with E-state index in [2.05, 4.69) is 5.32 Å². The molecule has 0 aliphatic heterocycles. The largest absolute Gasteiger partial charge is 0.493 e. The number of halogens is 2. The first-order chi connectivity index (χ1) is 12.7. The summed E-state index contributed by atoms with van der Waals surface area (Å²) in [6, 6.07) is 9.60. The van der Waals surface area contributed by atoms with Gasteiger partial charge in [0.15, 0.2) is 23.4 Å². The third-order valence-corrected chi connectivity index (χ3v) is 4.59. The van der Waals surface area contributed by atoms with E-state index in [1.165, 1.54) is 14.0 Å². The monoisotopic (exact) mass is 409 g/mol. The Morgan fingerprint density at radius 1 is 1.04 bits per heavy atom. The Kier molecular flexibility index (Phi) is 7.11. The molecule has 1 N–H and O–H groups in total. The van der Waals surface area contributed by atoms with Gasteiger partial charge in [0.25, 0.3) is 5.91 Å². The maximum Gasteiger partial charge on any atom is 0.261 e. The highest BCUT2D eigenvalue weighted by Crippen LogP contribution is 2.30. The molecule has 0 unspecified atom stereocenters. The molecule has 0 heterocycles. The Morgan fingerprint density at radius 2 is 1.74 bits per heavy atom. The van der Waals surface area contributed by atoms with Gasteiger partial charge in [-0.15, -0.1) is 0 Å². The van der Waals surface area contributed by atoms with Crippen molar-refractivity contribution in [3.8, 4) is 11.5 Å². The lowest BCUT2D eigenvalue weighted by molar-refractivity contribution is -0.127. The molecule has 2 aromatic rings. The van der Waals surface area contributed by atoms with Crippen LogP contribution in [0, 0.1) is 0 Å². The van der Waals surface area contributed by atoms with Crippen LogP contribution in [0.5, 0.6) is 11.5 Å². The molecule has 5 nitrogen and oxygen atoms in total. The number of Topliss-reactive ketones (excluding diaryl/α,β-unsaturated/α-hetero) is 1. The second-order valence-electron chi connectivity index (χ2n) is 6.08. The van der Waals surface area contributed by atoms with Gasteiger partial charge in [0.1, 0.15) is 0 Å². The molecule has 0 saturated heterocycles. The van der Waals surface area contributed by atoms with Gasteiger partial charge >= 0.3 is 0 Å². The normalized spacial score (nSPS) is 12.8. The molecule has 7 heteroatoms. The first-order valence-electron chi connectivity index (χ1n) is 8.34. The summed E-state index contributed by atoms with van der Waals surface area (Å²) in [5, 5.41) is 3.86. The van der Waals surface area contributed by atoms with Gasteiger partial charge in [-0.25, -0.2) is 0 Å². The average molecular weight is 410 g/mol. The minimum absolute atomic E-state index is 0.0840. The van der Waals surface area contributed by atoms with E-state index in [0.29, 0.717) is 27.1 Å². The smallest absolute Gasteiger partial charge is 0.261 e. The summed E-state index contributed by atoms with van der Waals surface area (Å²) >= 11 is 12.1. The molecule has 0 saturated carbocycles. The third kappa shape index (κ3) is 5.37. The summed E-state index contributed by atoms with van der Waals surface area (Å²) in [5.41, 5.74) is 1.26. The maximum absolute atomic E-state index is 12.5. The summed E-state index contributed by atoms with van der Waals surface area (Å²) in [7, 11) is 1.47. The lowest BCUT2D eigenvalue weighted by Gasteiger charge is -2.21. The van der Waals surface area contributed by atoms with Crippen LogP contribution in [-0.2, 0) is 4.79 Å². The number of nitrogens with one attached hydrogen (secondary N) is 1. The van der Waals surface area contributed by atoms with Crippen molar-refractivity contribution in [2.75, 3.05) is 7.11 Å². The molecule has 27 heavy (non-hydrogen) atoms. The maximum atomic E-state index is 12.5. The van der Waals surface area contributed by atoms with Gasteiger partial charge in [-0.3, -0.25) is 9.59 Å². The highest BCUT2D eigenvalue weighted by atomic mass is 35.5. The molecular weight excluding hydrogens is 389 g/mol. The second kappa shape index (κ2) is 9.11. The highest BCUT2D eigenvalue weighted by molar-refractivity contribution is 6.35. The summed E-state index contributed by atoms with van der Waals surface area (Å²) in [5.74, 6) is 0.365. The lowest BCUT2D eigenvalue weighted by atomic mass is 10.1. The van der Waals surface area contributed by atoms with Gasteiger partial charge in [0.05, 0.1) is 13.2 Å². The van der Waals surface area contributed by atoms with E-state index < -0.39 is 6.10 Å². The zero-order valence-corrected chi connectivity index (χ0v) is 17.0. The van der Waals surface area contributed by atoms with E-state index in [9.17, 15) is 9.59 Å². The van der Waals surface area contributed by atoms with Crippen molar-refractivity contribution in [1.82, 2.24) is 5.32 Å². The van der Waals surface area contributed by atoms with Crippen molar-refractivity contribution in [2.24, 2.45) is 0 Å². The Labute approximate surface area is 168 Å². The highest BCUT2D eigenvalue weighted by Gasteiger charge is 2.21. The van der Waals surface area contributed by atoms with E-state index in [1.54, 1.807) is 43.3 Å². The lowest BCUT2D eigenvalue weighted by Crippen LogP contribution is -2.37. The van der Waals surface area contributed by atoms with E-state index in [4.69, 9.17) is 32.7 Å². The topological polar surface area (TPSA) is 64.6 Å². The van der Waals surface area contributed by atoms with Gasteiger partial charge in [-0.2, -0.15) is 0 Å². The quantitative estimate of drug-likeness (QED) is 0.663. The number of amides is 1. The summed E-state index contributed by atoms with van der Waals surface area (Å²) < 4.78 is 11.0. The molecule has 0 fully saturated rings. The van der Waals surface area contributed by atoms with E-state index >= 15 is 0 Å². The molecule has 0 aromatic heterocycles. The summed E-state index contributed by atoms with van der Waals surface area (Å²) in [4.78, 5) is 24.0. The van der Waals surface area contributed by atoms with E-state index in [-0.39, 0.29) is 17.7 Å². The Bertz CT molecular complexity index is 854. The molecule has 0 aliphatic rings. The third-order valence-electron chi connectivity index (χ3n) is 4.03. The first-order valence-corrected chi connectivity index (χ1v) is 9.09. The van der Waals surface area contributed by atoms with E-state index in [0.717, 1.165) is 5.56 Å². The molecule has 144 valence electrons. The predicted molar refractivity (Wildman–Crippen MR) is 106 cm³/mol. The van der Waals surface area contributed by atoms with Crippen LogP contribution < -0.4 is 14.8 Å². The van der Waals surface area contributed by atoms with E-state index in [1.807, 2.05) is 6.92 Å².